The highest BCUT2D eigenvalue weighted by Crippen LogP contribution is 1.98. The largest absolute Gasteiger partial charge is 0.516 e. The van der Waals surface area contributed by atoms with Gasteiger partial charge in [0.1, 0.15) is 6.10 Å². The molecule has 64 valence electrons. The first kappa shape index (κ1) is 9.94. The molecule has 1 unspecified atom stereocenters. The first-order valence-corrected chi connectivity index (χ1v) is 3.45. The Morgan fingerprint density at radius 1 is 1.45 bits per heavy atom. The minimum atomic E-state index is -0.924. The molecule has 0 radical (unpaired) electrons. The molecule has 0 aliphatic rings. The van der Waals surface area contributed by atoms with Gasteiger partial charge in [-0.25, -0.2) is 4.79 Å². The lowest BCUT2D eigenvalue weighted by molar-refractivity contribution is -0.137. The summed E-state index contributed by atoms with van der Waals surface area (Å²) in [4.78, 5) is 20.8. The van der Waals surface area contributed by atoms with E-state index in [0.717, 1.165) is 6.92 Å². The fourth-order valence-corrected chi connectivity index (χ4v) is 0.389. The predicted octanol–water partition coefficient (Wildman–Crippen LogP) is 1.48. The summed E-state index contributed by atoms with van der Waals surface area (Å²) in [5.41, 5.74) is 0. The Morgan fingerprint density at radius 3 is 2.36 bits per heavy atom. The third-order valence-electron chi connectivity index (χ3n) is 1.10. The minimum Gasteiger partial charge on any atom is -0.431 e. The van der Waals surface area contributed by atoms with Crippen molar-refractivity contribution >= 4 is 12.1 Å². The molecule has 0 amide bonds. The monoisotopic (exact) mass is 160 g/mol. The predicted molar refractivity (Wildman–Crippen MR) is 38.0 cm³/mol. The summed E-state index contributed by atoms with van der Waals surface area (Å²) in [5, 5.41) is 0. The Kier molecular flexibility index (Phi) is 4.26. The number of ether oxygens (including phenoxy) is 2. The fourth-order valence-electron chi connectivity index (χ4n) is 0.389. The van der Waals surface area contributed by atoms with E-state index < -0.39 is 12.1 Å². The van der Waals surface area contributed by atoms with E-state index in [1.807, 2.05) is 6.92 Å². The van der Waals surface area contributed by atoms with Crippen LogP contribution in [-0.4, -0.2) is 18.2 Å². The van der Waals surface area contributed by atoms with Crippen molar-refractivity contribution in [3.8, 4) is 0 Å². The highest BCUT2D eigenvalue weighted by molar-refractivity contribution is 5.79. The molecule has 0 N–H and O–H groups in total. The third kappa shape index (κ3) is 5.39. The topological polar surface area (TPSA) is 52.6 Å². The molecule has 0 aliphatic carbocycles. The van der Waals surface area contributed by atoms with Crippen LogP contribution in [-0.2, 0) is 14.3 Å². The van der Waals surface area contributed by atoms with Crippen LogP contribution < -0.4 is 0 Å². The van der Waals surface area contributed by atoms with E-state index >= 15 is 0 Å². The van der Waals surface area contributed by atoms with E-state index in [9.17, 15) is 9.59 Å². The van der Waals surface area contributed by atoms with Crippen molar-refractivity contribution in [2.24, 2.45) is 0 Å². The van der Waals surface area contributed by atoms with Crippen LogP contribution in [0.4, 0.5) is 4.79 Å². The Morgan fingerprint density at radius 2 is 2.00 bits per heavy atom. The average molecular weight is 160 g/mol. The highest BCUT2D eigenvalue weighted by Gasteiger charge is 2.10. The van der Waals surface area contributed by atoms with Crippen LogP contribution in [0.25, 0.3) is 0 Å². The molecule has 11 heavy (non-hydrogen) atoms. The summed E-state index contributed by atoms with van der Waals surface area (Å²) >= 11 is 0. The molecule has 4 nitrogen and oxygen atoms in total. The van der Waals surface area contributed by atoms with Crippen molar-refractivity contribution in [1.82, 2.24) is 0 Å². The zero-order valence-electron chi connectivity index (χ0n) is 6.92. The van der Waals surface area contributed by atoms with Gasteiger partial charge in [0.2, 0.25) is 0 Å². The summed E-state index contributed by atoms with van der Waals surface area (Å²) in [6, 6.07) is 0. The van der Waals surface area contributed by atoms with Crippen molar-refractivity contribution in [3.05, 3.63) is 0 Å². The van der Waals surface area contributed by atoms with Crippen molar-refractivity contribution in [1.29, 1.82) is 0 Å². The lowest BCUT2D eigenvalue weighted by Crippen LogP contribution is -2.17. The van der Waals surface area contributed by atoms with Crippen molar-refractivity contribution in [3.63, 3.8) is 0 Å². The summed E-state index contributed by atoms with van der Waals surface area (Å²) < 4.78 is 8.75. The second kappa shape index (κ2) is 4.71. The second-order valence-corrected chi connectivity index (χ2v) is 2.18. The molecule has 0 bridgehead atoms. The molecule has 1 atom stereocenters. The molecule has 0 aromatic carbocycles. The molecule has 0 heterocycles. The Hall–Kier alpha value is -1.06. The SMILES string of the molecule is CCC(C)OC(=O)OC(C)=O. The third-order valence-corrected chi connectivity index (χ3v) is 1.10. The van der Waals surface area contributed by atoms with Gasteiger partial charge in [-0.05, 0) is 13.3 Å². The molecular weight excluding hydrogens is 148 g/mol. The number of rotatable bonds is 2. The van der Waals surface area contributed by atoms with Gasteiger partial charge in [-0.3, -0.25) is 4.79 Å². The number of esters is 1. The second-order valence-electron chi connectivity index (χ2n) is 2.18. The van der Waals surface area contributed by atoms with Gasteiger partial charge in [0.05, 0.1) is 0 Å². The van der Waals surface area contributed by atoms with E-state index in [4.69, 9.17) is 0 Å². The smallest absolute Gasteiger partial charge is 0.431 e. The lowest BCUT2D eigenvalue weighted by Gasteiger charge is -2.08. The Bertz CT molecular complexity index is 153. The van der Waals surface area contributed by atoms with Gasteiger partial charge < -0.3 is 9.47 Å². The standard InChI is InChI=1S/C7H12O4/c1-4-5(2)10-7(9)11-6(3)8/h5H,4H2,1-3H3. The van der Waals surface area contributed by atoms with Crippen LogP contribution >= 0.6 is 0 Å². The summed E-state index contributed by atoms with van der Waals surface area (Å²) in [6.07, 6.45) is -0.429. The molecule has 0 aliphatic heterocycles. The van der Waals surface area contributed by atoms with Crippen LogP contribution in [0.2, 0.25) is 0 Å². The van der Waals surface area contributed by atoms with Crippen LogP contribution in [0.3, 0.4) is 0 Å². The van der Waals surface area contributed by atoms with E-state index in [1.54, 1.807) is 6.92 Å². The molecule has 0 saturated heterocycles. The summed E-state index contributed by atoms with van der Waals surface area (Å²) in [5.74, 6) is -0.654. The minimum absolute atomic E-state index is 0.207. The zero-order valence-corrected chi connectivity index (χ0v) is 6.92. The quantitative estimate of drug-likeness (QED) is 0.453. The summed E-state index contributed by atoms with van der Waals surface area (Å²) in [7, 11) is 0. The number of carbonyl (C=O) groups is 2. The first-order chi connectivity index (χ1) is 5.06. The molecule has 0 aromatic heterocycles. The summed E-state index contributed by atoms with van der Waals surface area (Å²) in [6.45, 7) is 4.74. The molecule has 0 spiro atoms. The van der Waals surface area contributed by atoms with Gasteiger partial charge in [-0.1, -0.05) is 6.92 Å². The maximum Gasteiger partial charge on any atom is 0.516 e. The van der Waals surface area contributed by atoms with E-state index in [-0.39, 0.29) is 6.10 Å². The van der Waals surface area contributed by atoms with E-state index in [2.05, 4.69) is 9.47 Å². The van der Waals surface area contributed by atoms with Crippen LogP contribution in [0.5, 0.6) is 0 Å². The molecule has 0 fully saturated rings. The first-order valence-electron chi connectivity index (χ1n) is 3.45. The van der Waals surface area contributed by atoms with E-state index in [1.165, 1.54) is 0 Å². The number of hydrogen-bond donors (Lipinski definition) is 0. The van der Waals surface area contributed by atoms with Gasteiger partial charge >= 0.3 is 12.1 Å². The van der Waals surface area contributed by atoms with Crippen LogP contribution in [0.1, 0.15) is 27.2 Å². The number of carbonyl (C=O) groups excluding carboxylic acids is 2. The van der Waals surface area contributed by atoms with Gasteiger partial charge in [-0.15, -0.1) is 0 Å². The molecule has 0 aromatic rings. The molecule has 0 rings (SSSR count). The van der Waals surface area contributed by atoms with E-state index in [0.29, 0.717) is 6.42 Å². The number of hydrogen-bond acceptors (Lipinski definition) is 4. The van der Waals surface area contributed by atoms with Crippen LogP contribution in [0.15, 0.2) is 0 Å². The molecular formula is C7H12O4. The van der Waals surface area contributed by atoms with Crippen molar-refractivity contribution < 1.29 is 19.1 Å². The highest BCUT2D eigenvalue weighted by atomic mass is 16.7. The fraction of sp³-hybridized carbons (Fsp3) is 0.714. The Labute approximate surface area is 65.5 Å². The Balaban J connectivity index is 3.60. The lowest BCUT2D eigenvalue weighted by atomic mass is 10.3. The van der Waals surface area contributed by atoms with Gasteiger partial charge in [0, 0.05) is 6.92 Å². The van der Waals surface area contributed by atoms with Gasteiger partial charge in [0.25, 0.3) is 0 Å². The average Bonchev–Trinajstić information content (AvgIpc) is 1.85. The van der Waals surface area contributed by atoms with Gasteiger partial charge in [-0.2, -0.15) is 0 Å². The van der Waals surface area contributed by atoms with Crippen molar-refractivity contribution in [2.75, 3.05) is 0 Å². The molecule has 0 saturated carbocycles. The maximum atomic E-state index is 10.6. The zero-order chi connectivity index (χ0) is 8.85. The normalized spacial score (nSPS) is 11.9. The maximum absolute atomic E-state index is 10.6. The molecule has 4 heteroatoms. The van der Waals surface area contributed by atoms with Crippen molar-refractivity contribution in [2.45, 2.75) is 33.3 Å². The van der Waals surface area contributed by atoms with Crippen LogP contribution in [0, 0.1) is 0 Å². The van der Waals surface area contributed by atoms with Gasteiger partial charge in [0.15, 0.2) is 0 Å².